The Morgan fingerprint density at radius 2 is 1.78 bits per heavy atom. The van der Waals surface area contributed by atoms with Crippen LogP contribution in [0, 0.1) is 0 Å². The molecule has 0 spiro atoms. The molecular formula is C29H23ClN4O2S. The Balaban J connectivity index is 1.56. The van der Waals surface area contributed by atoms with Crippen molar-refractivity contribution in [2.24, 2.45) is 5.10 Å². The van der Waals surface area contributed by atoms with Crippen LogP contribution in [0.5, 0.6) is 11.5 Å². The molecule has 0 saturated heterocycles. The lowest BCUT2D eigenvalue weighted by atomic mass is 9.99. The summed E-state index contributed by atoms with van der Waals surface area (Å²) in [5.74, 6) is 1.86. The normalized spacial score (nSPS) is 15.2. The molecule has 6 nitrogen and oxygen atoms in total. The molecule has 0 amide bonds. The summed E-state index contributed by atoms with van der Waals surface area (Å²) in [5.41, 5.74) is 4.52. The summed E-state index contributed by atoms with van der Waals surface area (Å²) < 4.78 is 11.4. The van der Waals surface area contributed by atoms with Gasteiger partial charge in [-0.1, -0.05) is 60.1 Å². The van der Waals surface area contributed by atoms with Crippen molar-refractivity contribution in [3.05, 3.63) is 99.7 Å². The van der Waals surface area contributed by atoms with E-state index in [1.807, 2.05) is 77.8 Å². The number of rotatable bonds is 6. The second kappa shape index (κ2) is 9.84. The van der Waals surface area contributed by atoms with Crippen LogP contribution >= 0.6 is 22.9 Å². The zero-order chi connectivity index (χ0) is 25.4. The van der Waals surface area contributed by atoms with E-state index in [2.05, 4.69) is 11.4 Å². The number of thiophene rings is 1. The maximum absolute atomic E-state index is 6.37. The van der Waals surface area contributed by atoms with Gasteiger partial charge in [-0.3, -0.25) is 0 Å². The minimum atomic E-state index is -0.185. The number of para-hydroxylation sites is 1. The van der Waals surface area contributed by atoms with Crippen LogP contribution in [0.25, 0.3) is 22.2 Å². The lowest BCUT2D eigenvalue weighted by molar-refractivity contribution is 0.349. The average Bonchev–Trinajstić information content (AvgIpc) is 3.63. The largest absolute Gasteiger partial charge is 0.493 e. The quantitative estimate of drug-likeness (QED) is 0.231. The number of halogens is 1. The van der Waals surface area contributed by atoms with E-state index in [1.54, 1.807) is 25.6 Å². The number of methoxy groups -OCH3 is 2. The van der Waals surface area contributed by atoms with Gasteiger partial charge in [-0.2, -0.15) is 5.10 Å². The molecule has 0 bridgehead atoms. The van der Waals surface area contributed by atoms with E-state index in [-0.39, 0.29) is 6.04 Å². The SMILES string of the molecule is COc1cccc([C@@H]2CC(c3cccs3)=NN2c2nc(-c3ccccc3)c3cc(Cl)ccc3n2)c1OC. The van der Waals surface area contributed by atoms with Crippen molar-refractivity contribution >= 4 is 45.5 Å². The molecule has 3 heterocycles. The highest BCUT2D eigenvalue weighted by atomic mass is 35.5. The highest BCUT2D eigenvalue weighted by Crippen LogP contribution is 2.44. The van der Waals surface area contributed by atoms with Crippen LogP contribution in [-0.2, 0) is 0 Å². The van der Waals surface area contributed by atoms with Crippen LogP contribution in [0.4, 0.5) is 5.95 Å². The molecule has 0 saturated carbocycles. The lowest BCUT2D eigenvalue weighted by Gasteiger charge is -2.25. The number of benzene rings is 3. The lowest BCUT2D eigenvalue weighted by Crippen LogP contribution is -2.22. The first kappa shape index (κ1) is 23.5. The number of hydrogen-bond donors (Lipinski definition) is 0. The molecule has 0 N–H and O–H groups in total. The zero-order valence-corrected chi connectivity index (χ0v) is 21.8. The van der Waals surface area contributed by atoms with Gasteiger partial charge < -0.3 is 9.47 Å². The number of hydrazone groups is 1. The summed E-state index contributed by atoms with van der Waals surface area (Å²) in [6.07, 6.45) is 0.673. The van der Waals surface area contributed by atoms with Crippen molar-refractivity contribution in [2.45, 2.75) is 12.5 Å². The Hall–Kier alpha value is -3.94. The third kappa shape index (κ3) is 4.30. The van der Waals surface area contributed by atoms with Crippen molar-refractivity contribution in [1.82, 2.24) is 9.97 Å². The Morgan fingerprint density at radius 1 is 0.919 bits per heavy atom. The molecular weight excluding hydrogens is 504 g/mol. The topological polar surface area (TPSA) is 59.8 Å². The van der Waals surface area contributed by atoms with E-state index in [0.29, 0.717) is 28.9 Å². The summed E-state index contributed by atoms with van der Waals surface area (Å²) in [7, 11) is 3.30. The van der Waals surface area contributed by atoms with Gasteiger partial charge in [0, 0.05) is 28.0 Å². The Bertz CT molecular complexity index is 1610. The Morgan fingerprint density at radius 3 is 2.54 bits per heavy atom. The summed E-state index contributed by atoms with van der Waals surface area (Å²) in [4.78, 5) is 11.1. The molecule has 0 radical (unpaired) electrons. The van der Waals surface area contributed by atoms with Crippen molar-refractivity contribution in [1.29, 1.82) is 0 Å². The van der Waals surface area contributed by atoms with Gasteiger partial charge >= 0.3 is 0 Å². The molecule has 1 aliphatic heterocycles. The van der Waals surface area contributed by atoms with Gasteiger partial charge in [-0.25, -0.2) is 15.0 Å². The standard InChI is InChI=1S/C29H23ClN4O2S/c1-35-25-11-6-10-20(28(25)36-2)24-17-23(26-12-7-15-37-26)33-34(24)29-31-22-14-13-19(30)16-21(22)27(32-29)18-8-4-3-5-9-18/h3-16,24H,17H2,1-2H3/t24-/m0/s1. The molecule has 184 valence electrons. The maximum atomic E-state index is 6.37. The van der Waals surface area contributed by atoms with Crippen molar-refractivity contribution < 1.29 is 9.47 Å². The predicted octanol–water partition coefficient (Wildman–Crippen LogP) is 7.38. The Labute approximate surface area is 223 Å². The van der Waals surface area contributed by atoms with E-state index in [9.17, 15) is 0 Å². The van der Waals surface area contributed by atoms with Crippen LogP contribution in [0.2, 0.25) is 5.02 Å². The van der Waals surface area contributed by atoms with Crippen molar-refractivity contribution in [3.8, 4) is 22.8 Å². The van der Waals surface area contributed by atoms with Gasteiger partial charge in [0.05, 0.1) is 42.1 Å². The fourth-order valence-electron chi connectivity index (χ4n) is 4.71. The second-order valence-electron chi connectivity index (χ2n) is 8.57. The third-order valence-electron chi connectivity index (χ3n) is 6.41. The van der Waals surface area contributed by atoms with E-state index >= 15 is 0 Å². The monoisotopic (exact) mass is 526 g/mol. The molecule has 6 rings (SSSR count). The summed E-state index contributed by atoms with van der Waals surface area (Å²) in [5, 5.41) is 10.6. The van der Waals surface area contributed by atoms with Crippen LogP contribution < -0.4 is 14.5 Å². The minimum Gasteiger partial charge on any atom is -0.493 e. The van der Waals surface area contributed by atoms with Crippen molar-refractivity contribution in [2.75, 3.05) is 19.2 Å². The van der Waals surface area contributed by atoms with Crippen LogP contribution in [0.15, 0.2) is 89.3 Å². The number of hydrogen-bond acceptors (Lipinski definition) is 7. The van der Waals surface area contributed by atoms with E-state index in [4.69, 9.17) is 36.1 Å². The average molecular weight is 527 g/mol. The molecule has 8 heteroatoms. The first-order valence-electron chi connectivity index (χ1n) is 11.8. The van der Waals surface area contributed by atoms with Gasteiger partial charge in [0.25, 0.3) is 0 Å². The molecule has 0 aliphatic carbocycles. The Kier molecular flexibility index (Phi) is 6.24. The van der Waals surface area contributed by atoms with E-state index in [1.165, 1.54) is 0 Å². The zero-order valence-electron chi connectivity index (χ0n) is 20.3. The highest BCUT2D eigenvalue weighted by molar-refractivity contribution is 7.12. The highest BCUT2D eigenvalue weighted by Gasteiger charge is 2.35. The van der Waals surface area contributed by atoms with E-state index in [0.717, 1.165) is 38.3 Å². The van der Waals surface area contributed by atoms with Gasteiger partial charge in [0.2, 0.25) is 5.95 Å². The number of nitrogens with zero attached hydrogens (tertiary/aromatic N) is 4. The summed E-state index contributed by atoms with van der Waals surface area (Å²) in [6.45, 7) is 0. The summed E-state index contributed by atoms with van der Waals surface area (Å²) >= 11 is 8.04. The molecule has 1 aliphatic rings. The first-order valence-corrected chi connectivity index (χ1v) is 13.1. The predicted molar refractivity (Wildman–Crippen MR) is 150 cm³/mol. The van der Waals surface area contributed by atoms with Gasteiger partial charge in [0.1, 0.15) is 0 Å². The van der Waals surface area contributed by atoms with E-state index < -0.39 is 0 Å². The molecule has 0 unspecified atom stereocenters. The van der Waals surface area contributed by atoms with Crippen LogP contribution in [-0.4, -0.2) is 29.9 Å². The molecule has 2 aromatic heterocycles. The second-order valence-corrected chi connectivity index (χ2v) is 9.96. The molecule has 37 heavy (non-hydrogen) atoms. The molecule has 5 aromatic rings. The summed E-state index contributed by atoms with van der Waals surface area (Å²) in [6, 6.07) is 25.6. The third-order valence-corrected chi connectivity index (χ3v) is 7.56. The fourth-order valence-corrected chi connectivity index (χ4v) is 5.60. The number of ether oxygens (including phenoxy) is 2. The number of aromatic nitrogens is 2. The first-order chi connectivity index (χ1) is 18.2. The number of fused-ring (bicyclic) bond motifs is 1. The van der Waals surface area contributed by atoms with Gasteiger partial charge in [0.15, 0.2) is 11.5 Å². The van der Waals surface area contributed by atoms with Crippen molar-refractivity contribution in [3.63, 3.8) is 0 Å². The smallest absolute Gasteiger partial charge is 0.247 e. The number of anilines is 1. The van der Waals surface area contributed by atoms with Crippen LogP contribution in [0.1, 0.15) is 22.9 Å². The molecule has 1 atom stereocenters. The van der Waals surface area contributed by atoms with Crippen LogP contribution in [0.3, 0.4) is 0 Å². The van der Waals surface area contributed by atoms with Gasteiger partial charge in [-0.15, -0.1) is 11.3 Å². The molecule has 3 aromatic carbocycles. The van der Waals surface area contributed by atoms with Gasteiger partial charge in [-0.05, 0) is 35.7 Å². The fraction of sp³-hybridized carbons (Fsp3) is 0.138. The molecule has 0 fully saturated rings. The minimum absolute atomic E-state index is 0.185. The maximum Gasteiger partial charge on any atom is 0.247 e.